The second-order valence-corrected chi connectivity index (χ2v) is 9.44. The van der Waals surface area contributed by atoms with Crippen molar-refractivity contribution in [3.05, 3.63) is 46.5 Å². The molecule has 182 valence electrons. The number of aromatic hydroxyl groups is 2. The Morgan fingerprint density at radius 1 is 0.971 bits per heavy atom. The van der Waals surface area contributed by atoms with Crippen LogP contribution in [0.1, 0.15) is 15.9 Å². The number of rotatable bonds is 4. The fraction of sp³-hybridized carbons (Fsp3) is 0.478. The normalized spacial score (nSPS) is 22.7. The number of amides is 2. The molecule has 1 aromatic carbocycles. The van der Waals surface area contributed by atoms with E-state index in [0.717, 1.165) is 18.7 Å². The molecule has 5 rings (SSSR count). The van der Waals surface area contributed by atoms with E-state index in [0.29, 0.717) is 73.1 Å². The molecule has 3 saturated heterocycles. The molecule has 3 aliphatic heterocycles. The van der Waals surface area contributed by atoms with Gasteiger partial charge in [0.25, 0.3) is 5.91 Å². The molecule has 4 heterocycles. The molecule has 2 aromatic rings. The van der Waals surface area contributed by atoms with E-state index >= 15 is 0 Å². The standard InChI is InChI=1S/C23H27ClN4O6/c24-19-9-15(22(31)26-5-7-33-8-6-26)1-2-16(19)10-25-11-17-13-27(14-18(17)12-25)23(32)34-28-20(29)3-4-21(28)30/h1-4,9,17-18,29-30H,5-8,10-14H2. The van der Waals surface area contributed by atoms with E-state index in [9.17, 15) is 19.8 Å². The number of nitrogens with zero attached hydrogens (tertiary/aromatic N) is 4. The van der Waals surface area contributed by atoms with Crippen molar-refractivity contribution in [3.63, 3.8) is 0 Å². The Morgan fingerprint density at radius 3 is 2.24 bits per heavy atom. The summed E-state index contributed by atoms with van der Waals surface area (Å²) in [5, 5.41) is 19.9. The fourth-order valence-corrected chi connectivity index (χ4v) is 5.24. The first-order chi connectivity index (χ1) is 16.4. The summed E-state index contributed by atoms with van der Waals surface area (Å²) in [6.45, 7) is 5.70. The van der Waals surface area contributed by atoms with Gasteiger partial charge in [0.05, 0.1) is 13.2 Å². The maximum absolute atomic E-state index is 12.7. The average Bonchev–Trinajstić information content (AvgIpc) is 3.49. The van der Waals surface area contributed by atoms with E-state index in [4.69, 9.17) is 21.2 Å². The monoisotopic (exact) mass is 490 g/mol. The van der Waals surface area contributed by atoms with Crippen LogP contribution in [0.25, 0.3) is 0 Å². The largest absolute Gasteiger partial charge is 0.492 e. The quantitative estimate of drug-likeness (QED) is 0.670. The molecule has 3 fully saturated rings. The Labute approximate surface area is 201 Å². The van der Waals surface area contributed by atoms with Crippen LogP contribution in [0.3, 0.4) is 0 Å². The molecular formula is C23H27ClN4O6. The summed E-state index contributed by atoms with van der Waals surface area (Å²) in [7, 11) is 0. The van der Waals surface area contributed by atoms with Crippen LogP contribution in [0.5, 0.6) is 11.8 Å². The lowest BCUT2D eigenvalue weighted by atomic mass is 10.0. The van der Waals surface area contributed by atoms with Crippen LogP contribution in [-0.2, 0) is 11.3 Å². The van der Waals surface area contributed by atoms with Gasteiger partial charge in [-0.15, -0.1) is 4.73 Å². The first-order valence-electron chi connectivity index (χ1n) is 11.3. The molecule has 0 aliphatic carbocycles. The smallest absolute Gasteiger partial charge is 0.434 e. The summed E-state index contributed by atoms with van der Waals surface area (Å²) in [6, 6.07) is 7.99. The van der Waals surface area contributed by atoms with E-state index in [1.165, 1.54) is 12.1 Å². The molecule has 10 nitrogen and oxygen atoms in total. The van der Waals surface area contributed by atoms with Gasteiger partial charge in [-0.3, -0.25) is 9.69 Å². The molecule has 1 aromatic heterocycles. The van der Waals surface area contributed by atoms with Crippen molar-refractivity contribution in [2.75, 3.05) is 52.5 Å². The molecule has 0 radical (unpaired) electrons. The van der Waals surface area contributed by atoms with Crippen LogP contribution in [0.4, 0.5) is 4.79 Å². The van der Waals surface area contributed by atoms with E-state index in [-0.39, 0.29) is 17.7 Å². The minimum atomic E-state index is -0.605. The van der Waals surface area contributed by atoms with Gasteiger partial charge in [0.2, 0.25) is 11.8 Å². The summed E-state index contributed by atoms with van der Waals surface area (Å²) < 4.78 is 6.02. The van der Waals surface area contributed by atoms with E-state index < -0.39 is 6.09 Å². The highest BCUT2D eigenvalue weighted by molar-refractivity contribution is 6.31. The van der Waals surface area contributed by atoms with Crippen LogP contribution in [0, 0.1) is 11.8 Å². The number of halogens is 1. The number of benzene rings is 1. The lowest BCUT2D eigenvalue weighted by Crippen LogP contribution is -2.40. The lowest BCUT2D eigenvalue weighted by Gasteiger charge is -2.27. The van der Waals surface area contributed by atoms with Gasteiger partial charge >= 0.3 is 6.09 Å². The number of carbonyl (C=O) groups excluding carboxylic acids is 2. The Balaban J connectivity index is 1.15. The molecule has 2 amide bonds. The zero-order chi connectivity index (χ0) is 23.8. The molecule has 0 bridgehead atoms. The van der Waals surface area contributed by atoms with Gasteiger partial charge in [-0.1, -0.05) is 17.7 Å². The van der Waals surface area contributed by atoms with Gasteiger partial charge in [0.1, 0.15) is 0 Å². The predicted octanol–water partition coefficient (Wildman–Crippen LogP) is 1.64. The van der Waals surface area contributed by atoms with Crippen molar-refractivity contribution in [2.45, 2.75) is 6.54 Å². The molecule has 2 N–H and O–H groups in total. The number of hydrogen-bond acceptors (Lipinski definition) is 7. The third kappa shape index (κ3) is 4.53. The molecule has 0 saturated carbocycles. The van der Waals surface area contributed by atoms with E-state index in [1.54, 1.807) is 15.9 Å². The molecule has 2 atom stereocenters. The first-order valence-corrected chi connectivity index (χ1v) is 11.7. The zero-order valence-corrected chi connectivity index (χ0v) is 19.4. The van der Waals surface area contributed by atoms with Gasteiger partial charge in [0.15, 0.2) is 0 Å². The van der Waals surface area contributed by atoms with Crippen LogP contribution in [-0.4, -0.2) is 94.1 Å². The van der Waals surface area contributed by atoms with Crippen molar-refractivity contribution in [3.8, 4) is 11.8 Å². The summed E-state index contributed by atoms with van der Waals surface area (Å²) in [6.07, 6.45) is -0.605. The van der Waals surface area contributed by atoms with Crippen LogP contribution < -0.4 is 4.84 Å². The average molecular weight is 491 g/mol. The van der Waals surface area contributed by atoms with Crippen LogP contribution >= 0.6 is 11.6 Å². The summed E-state index contributed by atoms with van der Waals surface area (Å²) in [5.41, 5.74) is 1.55. The van der Waals surface area contributed by atoms with Crippen molar-refractivity contribution in [2.24, 2.45) is 11.8 Å². The SMILES string of the molecule is O=C(On1c(O)ccc1O)N1CC2CN(Cc3ccc(C(=O)N4CCOCC4)cc3Cl)CC2C1. The number of ether oxygens (including phenoxy) is 1. The number of hydrogen-bond donors (Lipinski definition) is 2. The highest BCUT2D eigenvalue weighted by atomic mass is 35.5. The van der Waals surface area contributed by atoms with Gasteiger partial charge in [-0.05, 0) is 29.5 Å². The predicted molar refractivity (Wildman–Crippen MR) is 122 cm³/mol. The molecular weight excluding hydrogens is 464 g/mol. The molecule has 34 heavy (non-hydrogen) atoms. The van der Waals surface area contributed by atoms with Crippen LogP contribution in [0.2, 0.25) is 5.02 Å². The Morgan fingerprint density at radius 2 is 1.62 bits per heavy atom. The Hall–Kier alpha value is -2.95. The highest BCUT2D eigenvalue weighted by Gasteiger charge is 2.42. The lowest BCUT2D eigenvalue weighted by molar-refractivity contribution is 0.0303. The number of likely N-dealkylation sites (tertiary alicyclic amines) is 2. The summed E-state index contributed by atoms with van der Waals surface area (Å²) in [5.74, 6) is -0.0985. The fourth-order valence-electron chi connectivity index (χ4n) is 5.00. The maximum atomic E-state index is 12.7. The Bertz CT molecular complexity index is 1050. The minimum absolute atomic E-state index is 0.0269. The third-order valence-electron chi connectivity index (χ3n) is 6.78. The zero-order valence-electron chi connectivity index (χ0n) is 18.6. The second kappa shape index (κ2) is 9.36. The van der Waals surface area contributed by atoms with Crippen molar-refractivity contribution in [1.82, 2.24) is 19.4 Å². The number of fused-ring (bicyclic) bond motifs is 1. The molecule has 0 spiro atoms. The van der Waals surface area contributed by atoms with E-state index in [1.807, 2.05) is 12.1 Å². The number of aromatic nitrogens is 1. The van der Waals surface area contributed by atoms with Gasteiger partial charge < -0.3 is 29.6 Å². The summed E-state index contributed by atoms with van der Waals surface area (Å²) in [4.78, 5) is 36.0. The second-order valence-electron chi connectivity index (χ2n) is 9.03. The molecule has 11 heteroatoms. The molecule has 3 aliphatic rings. The topological polar surface area (TPSA) is 108 Å². The molecule has 2 unspecified atom stereocenters. The first kappa shape index (κ1) is 22.8. The highest BCUT2D eigenvalue weighted by Crippen LogP contribution is 2.33. The van der Waals surface area contributed by atoms with Crippen molar-refractivity contribution < 1.29 is 29.4 Å². The number of carbonyl (C=O) groups is 2. The number of morpholine rings is 1. The van der Waals surface area contributed by atoms with Crippen molar-refractivity contribution in [1.29, 1.82) is 0 Å². The van der Waals surface area contributed by atoms with Crippen molar-refractivity contribution >= 4 is 23.6 Å². The van der Waals surface area contributed by atoms with E-state index in [2.05, 4.69) is 4.90 Å². The summed E-state index contributed by atoms with van der Waals surface area (Å²) >= 11 is 6.53. The van der Waals surface area contributed by atoms with Crippen LogP contribution in [0.15, 0.2) is 30.3 Å². The van der Waals surface area contributed by atoms with Gasteiger partial charge in [-0.2, -0.15) is 0 Å². The minimum Gasteiger partial charge on any atom is -0.492 e. The van der Waals surface area contributed by atoms with Gasteiger partial charge in [0, 0.05) is 68.5 Å². The Kier molecular flexibility index (Phi) is 6.28. The third-order valence-corrected chi connectivity index (χ3v) is 7.13. The van der Waals surface area contributed by atoms with Gasteiger partial charge in [-0.25, -0.2) is 4.79 Å². The maximum Gasteiger partial charge on any atom is 0.434 e.